The van der Waals surface area contributed by atoms with E-state index in [4.69, 9.17) is 9.47 Å². The Labute approximate surface area is 197 Å². The summed E-state index contributed by atoms with van der Waals surface area (Å²) < 4.78 is 11.1. The van der Waals surface area contributed by atoms with Gasteiger partial charge in [-0.15, -0.1) is 0 Å². The highest BCUT2D eigenvalue weighted by Gasteiger charge is 2.37. The van der Waals surface area contributed by atoms with E-state index < -0.39 is 12.0 Å². The fourth-order valence-electron chi connectivity index (χ4n) is 3.74. The highest BCUT2D eigenvalue weighted by molar-refractivity contribution is 8.16. The lowest BCUT2D eigenvalue weighted by molar-refractivity contribution is -0.139. The van der Waals surface area contributed by atoms with Crippen molar-refractivity contribution in [1.29, 1.82) is 0 Å². The molecular formula is C25H25N3O4S. The van der Waals surface area contributed by atoms with E-state index in [0.717, 1.165) is 22.0 Å². The van der Waals surface area contributed by atoms with Crippen LogP contribution in [0.15, 0.2) is 76.4 Å². The van der Waals surface area contributed by atoms with Gasteiger partial charge in [-0.1, -0.05) is 36.0 Å². The first-order valence-electron chi connectivity index (χ1n) is 10.6. The van der Waals surface area contributed by atoms with E-state index in [1.54, 1.807) is 13.0 Å². The zero-order valence-electron chi connectivity index (χ0n) is 18.7. The van der Waals surface area contributed by atoms with Crippen molar-refractivity contribution in [2.24, 2.45) is 4.99 Å². The molecule has 0 unspecified atom stereocenters. The number of rotatable bonds is 7. The van der Waals surface area contributed by atoms with Gasteiger partial charge in [-0.3, -0.25) is 4.79 Å². The van der Waals surface area contributed by atoms with E-state index >= 15 is 0 Å². The number of fused-ring (bicyclic) bond motifs is 1. The third-order valence-corrected chi connectivity index (χ3v) is 5.93. The van der Waals surface area contributed by atoms with Gasteiger partial charge in [0.1, 0.15) is 5.75 Å². The second kappa shape index (κ2) is 9.95. The fourth-order valence-corrected chi connectivity index (χ4v) is 4.53. The maximum absolute atomic E-state index is 12.8. The van der Waals surface area contributed by atoms with Crippen molar-refractivity contribution in [1.82, 2.24) is 4.90 Å². The predicted molar refractivity (Wildman–Crippen MR) is 130 cm³/mol. The molecule has 1 N–H and O–H groups in total. The Morgan fingerprint density at radius 3 is 2.76 bits per heavy atom. The number of hydrogen-bond acceptors (Lipinski definition) is 7. The summed E-state index contributed by atoms with van der Waals surface area (Å²) >= 11 is 1.50. The van der Waals surface area contributed by atoms with Crippen molar-refractivity contribution in [3.8, 4) is 5.75 Å². The van der Waals surface area contributed by atoms with Crippen molar-refractivity contribution >= 4 is 34.5 Å². The molecule has 0 bridgehead atoms. The normalized spacial score (nSPS) is 16.9. The molecule has 0 saturated heterocycles. The highest BCUT2D eigenvalue weighted by Crippen LogP contribution is 2.41. The Morgan fingerprint density at radius 1 is 1.15 bits per heavy atom. The van der Waals surface area contributed by atoms with Crippen LogP contribution >= 0.6 is 11.8 Å². The van der Waals surface area contributed by atoms with Gasteiger partial charge in [-0.2, -0.15) is 0 Å². The van der Waals surface area contributed by atoms with Crippen molar-refractivity contribution in [3.63, 3.8) is 0 Å². The van der Waals surface area contributed by atoms with Crippen LogP contribution in [0.1, 0.15) is 31.0 Å². The van der Waals surface area contributed by atoms with Crippen molar-refractivity contribution < 1.29 is 19.1 Å². The van der Waals surface area contributed by atoms with Crippen LogP contribution < -0.4 is 10.1 Å². The maximum atomic E-state index is 12.8. The third-order valence-electron chi connectivity index (χ3n) is 5.16. The number of amides is 1. The number of nitrogens with one attached hydrogen (secondary N) is 1. The minimum Gasteiger partial charge on any atom is -0.484 e. The number of hydrogen-bond donors (Lipinski definition) is 1. The van der Waals surface area contributed by atoms with E-state index in [1.807, 2.05) is 72.8 Å². The zero-order valence-corrected chi connectivity index (χ0v) is 19.5. The van der Waals surface area contributed by atoms with Crippen LogP contribution in [0.2, 0.25) is 0 Å². The van der Waals surface area contributed by atoms with Gasteiger partial charge in [0.15, 0.2) is 11.8 Å². The monoisotopic (exact) mass is 463 g/mol. The summed E-state index contributed by atoms with van der Waals surface area (Å²) in [4.78, 5) is 31.7. The van der Waals surface area contributed by atoms with Gasteiger partial charge < -0.3 is 19.7 Å². The second-order valence-corrected chi connectivity index (χ2v) is 8.48. The van der Waals surface area contributed by atoms with Crippen molar-refractivity contribution in [3.05, 3.63) is 82.5 Å². The summed E-state index contributed by atoms with van der Waals surface area (Å²) in [5.74, 6) is -0.107. The topological polar surface area (TPSA) is 80.2 Å². The molecule has 8 heteroatoms. The molecule has 2 aliphatic heterocycles. The average Bonchev–Trinajstić information content (AvgIpc) is 3.25. The molecule has 7 nitrogen and oxygen atoms in total. The number of benzene rings is 2. The SMILES string of the molecule is CCOC(=O)C1=C(C)N=C2SC=CN2[C@@H]1c1cccc(OCC(=O)Nc2cccc(C)c2)c1. The summed E-state index contributed by atoms with van der Waals surface area (Å²) in [6.07, 6.45) is 1.91. The molecule has 0 aromatic heterocycles. The molecule has 4 rings (SSSR count). The first-order chi connectivity index (χ1) is 16.0. The zero-order chi connectivity index (χ0) is 23.4. The van der Waals surface area contributed by atoms with Crippen LogP contribution in [0, 0.1) is 6.92 Å². The number of anilines is 1. The molecule has 170 valence electrons. The molecule has 1 amide bonds. The molecule has 0 spiro atoms. The van der Waals surface area contributed by atoms with E-state index in [2.05, 4.69) is 10.3 Å². The fraction of sp³-hybridized carbons (Fsp3) is 0.240. The summed E-state index contributed by atoms with van der Waals surface area (Å²) in [6, 6.07) is 14.6. The smallest absolute Gasteiger partial charge is 0.338 e. The second-order valence-electron chi connectivity index (χ2n) is 7.61. The molecule has 33 heavy (non-hydrogen) atoms. The van der Waals surface area contributed by atoms with Crippen LogP contribution in [-0.2, 0) is 14.3 Å². The summed E-state index contributed by atoms with van der Waals surface area (Å²) in [5.41, 5.74) is 3.75. The Balaban J connectivity index is 1.53. The maximum Gasteiger partial charge on any atom is 0.338 e. The van der Waals surface area contributed by atoms with Crippen molar-refractivity contribution in [2.75, 3.05) is 18.5 Å². The van der Waals surface area contributed by atoms with Gasteiger partial charge in [0.2, 0.25) is 0 Å². The third kappa shape index (κ3) is 5.12. The van der Waals surface area contributed by atoms with Crippen LogP contribution in [-0.4, -0.2) is 35.2 Å². The van der Waals surface area contributed by atoms with Crippen LogP contribution in [0.4, 0.5) is 5.69 Å². The lowest BCUT2D eigenvalue weighted by Crippen LogP contribution is -2.34. The number of carbonyl (C=O) groups excluding carboxylic acids is 2. The number of allylic oxidation sites excluding steroid dienone is 1. The minimum absolute atomic E-state index is 0.131. The molecule has 1 atom stereocenters. The lowest BCUT2D eigenvalue weighted by atomic mass is 9.94. The van der Waals surface area contributed by atoms with Crippen LogP contribution in [0.25, 0.3) is 0 Å². The molecule has 2 aliphatic rings. The average molecular weight is 464 g/mol. The molecule has 0 radical (unpaired) electrons. The van der Waals surface area contributed by atoms with E-state index in [1.165, 1.54) is 11.8 Å². The molecular weight excluding hydrogens is 438 g/mol. The predicted octanol–water partition coefficient (Wildman–Crippen LogP) is 4.78. The number of amidine groups is 1. The number of esters is 1. The molecule has 0 saturated carbocycles. The molecule has 0 fully saturated rings. The van der Waals surface area contributed by atoms with E-state index in [0.29, 0.717) is 17.0 Å². The van der Waals surface area contributed by atoms with E-state index in [9.17, 15) is 9.59 Å². The minimum atomic E-state index is -0.396. The standard InChI is InChI=1S/C25H25N3O4S/c1-4-31-24(30)22-17(3)26-25-28(11-12-33-25)23(22)18-8-6-10-20(14-18)32-15-21(29)27-19-9-5-7-16(2)13-19/h5-14,23H,4,15H2,1-3H3,(H,27,29)/t23-/m1/s1. The molecule has 2 aromatic rings. The van der Waals surface area contributed by atoms with Gasteiger partial charge >= 0.3 is 5.97 Å². The van der Waals surface area contributed by atoms with E-state index in [-0.39, 0.29) is 19.1 Å². The van der Waals surface area contributed by atoms with Gasteiger partial charge in [-0.05, 0) is 61.6 Å². The molecule has 2 aromatic carbocycles. The number of ether oxygens (including phenoxy) is 2. The number of nitrogens with zero attached hydrogens (tertiary/aromatic N) is 2. The highest BCUT2D eigenvalue weighted by atomic mass is 32.2. The lowest BCUT2D eigenvalue weighted by Gasteiger charge is -2.33. The van der Waals surface area contributed by atoms with Crippen molar-refractivity contribution in [2.45, 2.75) is 26.8 Å². The Kier molecular flexibility index (Phi) is 6.84. The first-order valence-corrected chi connectivity index (χ1v) is 11.5. The number of carbonyl (C=O) groups is 2. The van der Waals surface area contributed by atoms with Gasteiger partial charge in [0.25, 0.3) is 5.91 Å². The van der Waals surface area contributed by atoms with Crippen LogP contribution in [0.3, 0.4) is 0 Å². The summed E-state index contributed by atoms with van der Waals surface area (Å²) in [6.45, 7) is 5.71. The van der Waals surface area contributed by atoms with Gasteiger partial charge in [0.05, 0.1) is 23.9 Å². The summed E-state index contributed by atoms with van der Waals surface area (Å²) in [7, 11) is 0. The van der Waals surface area contributed by atoms with Gasteiger partial charge in [-0.25, -0.2) is 9.79 Å². The largest absolute Gasteiger partial charge is 0.484 e. The number of thioether (sulfide) groups is 1. The number of aliphatic imine (C=N–C) groups is 1. The molecule has 0 aliphatic carbocycles. The number of aryl methyl sites for hydroxylation is 1. The Morgan fingerprint density at radius 2 is 1.97 bits per heavy atom. The molecule has 2 heterocycles. The Hall–Kier alpha value is -3.52. The Bertz CT molecular complexity index is 1170. The quantitative estimate of drug-likeness (QED) is 0.595. The van der Waals surface area contributed by atoms with Gasteiger partial charge in [0, 0.05) is 11.9 Å². The summed E-state index contributed by atoms with van der Waals surface area (Å²) in [5, 5.41) is 5.57. The van der Waals surface area contributed by atoms with Crippen LogP contribution in [0.5, 0.6) is 5.75 Å². The first kappa shape index (κ1) is 22.7.